The zero-order valence-corrected chi connectivity index (χ0v) is 13.9. The second kappa shape index (κ2) is 7.05. The second-order valence-electron chi connectivity index (χ2n) is 6.06. The van der Waals surface area contributed by atoms with Crippen molar-refractivity contribution >= 4 is 17.5 Å². The van der Waals surface area contributed by atoms with E-state index in [9.17, 15) is 4.79 Å². The van der Waals surface area contributed by atoms with Gasteiger partial charge in [0, 0.05) is 18.1 Å². The molecule has 2 aromatic rings. The van der Waals surface area contributed by atoms with Crippen LogP contribution in [0.4, 0.5) is 0 Å². The van der Waals surface area contributed by atoms with Crippen molar-refractivity contribution in [3.63, 3.8) is 0 Å². The second-order valence-corrected chi connectivity index (χ2v) is 6.49. The summed E-state index contributed by atoms with van der Waals surface area (Å²) in [6.45, 7) is 4.24. The number of hydrogen-bond acceptors (Lipinski definition) is 2. The molecule has 0 spiro atoms. The average molecular weight is 330 g/mol. The van der Waals surface area contributed by atoms with Gasteiger partial charge in [-0.2, -0.15) is 0 Å². The van der Waals surface area contributed by atoms with Crippen molar-refractivity contribution in [2.75, 3.05) is 13.1 Å². The fraction of sp³-hybridized carbons (Fsp3) is 0.316. The topological polar surface area (TPSA) is 29.5 Å². The molecular weight excluding hydrogens is 310 g/mol. The Morgan fingerprint density at radius 1 is 1.22 bits per heavy atom. The van der Waals surface area contributed by atoms with Crippen LogP contribution in [0.5, 0.6) is 5.75 Å². The van der Waals surface area contributed by atoms with Gasteiger partial charge >= 0.3 is 0 Å². The summed E-state index contributed by atoms with van der Waals surface area (Å²) in [5, 5.41) is 0.701. The fourth-order valence-electron chi connectivity index (χ4n) is 2.80. The van der Waals surface area contributed by atoms with Gasteiger partial charge in [-0.1, -0.05) is 42.8 Å². The number of benzene rings is 2. The standard InChI is InChI=1S/C19H20ClNO2/c1-14-10-11-21(12-14)19(22)17-4-2-3-5-18(17)23-13-15-6-8-16(20)9-7-15/h2-9,14H,10-13H2,1H3. The first kappa shape index (κ1) is 15.9. The molecule has 0 aromatic heterocycles. The Labute approximate surface area is 141 Å². The average Bonchev–Trinajstić information content (AvgIpc) is 3.00. The van der Waals surface area contributed by atoms with Crippen molar-refractivity contribution in [1.82, 2.24) is 4.90 Å². The van der Waals surface area contributed by atoms with E-state index in [0.717, 1.165) is 25.1 Å². The quantitative estimate of drug-likeness (QED) is 0.832. The molecule has 1 aliphatic rings. The summed E-state index contributed by atoms with van der Waals surface area (Å²) in [5.41, 5.74) is 1.65. The minimum atomic E-state index is 0.0565. The van der Waals surface area contributed by atoms with Crippen LogP contribution in [0.3, 0.4) is 0 Å². The number of rotatable bonds is 4. The van der Waals surface area contributed by atoms with Crippen LogP contribution in [0.1, 0.15) is 29.3 Å². The molecule has 1 heterocycles. The van der Waals surface area contributed by atoms with E-state index in [1.54, 1.807) is 0 Å². The lowest BCUT2D eigenvalue weighted by molar-refractivity contribution is 0.0783. The first-order chi connectivity index (χ1) is 11.1. The summed E-state index contributed by atoms with van der Waals surface area (Å²) in [5.74, 6) is 1.26. The van der Waals surface area contributed by atoms with E-state index in [1.807, 2.05) is 53.4 Å². The molecule has 0 aliphatic carbocycles. The Balaban J connectivity index is 1.72. The number of likely N-dealkylation sites (tertiary alicyclic amines) is 1. The van der Waals surface area contributed by atoms with Crippen LogP contribution in [0, 0.1) is 5.92 Å². The molecule has 4 heteroatoms. The molecular formula is C19H20ClNO2. The van der Waals surface area contributed by atoms with Crippen LogP contribution in [0.2, 0.25) is 5.02 Å². The van der Waals surface area contributed by atoms with E-state index in [1.165, 1.54) is 0 Å². The lowest BCUT2D eigenvalue weighted by atomic mass is 10.1. The van der Waals surface area contributed by atoms with Crippen LogP contribution in [0.25, 0.3) is 0 Å². The minimum Gasteiger partial charge on any atom is -0.488 e. The number of hydrogen-bond donors (Lipinski definition) is 0. The maximum absolute atomic E-state index is 12.7. The van der Waals surface area contributed by atoms with Gasteiger partial charge in [0.05, 0.1) is 5.56 Å². The van der Waals surface area contributed by atoms with Gasteiger partial charge in [-0.3, -0.25) is 4.79 Å². The Kier molecular flexibility index (Phi) is 4.87. The molecule has 120 valence electrons. The van der Waals surface area contributed by atoms with Crippen LogP contribution in [-0.4, -0.2) is 23.9 Å². The lowest BCUT2D eigenvalue weighted by Gasteiger charge is -2.18. The van der Waals surface area contributed by atoms with E-state index in [-0.39, 0.29) is 5.91 Å². The molecule has 0 radical (unpaired) electrons. The molecule has 2 aromatic carbocycles. The molecule has 3 nitrogen and oxygen atoms in total. The fourth-order valence-corrected chi connectivity index (χ4v) is 2.93. The largest absolute Gasteiger partial charge is 0.488 e. The summed E-state index contributed by atoms with van der Waals surface area (Å²) in [6, 6.07) is 15.0. The molecule has 1 aliphatic heterocycles. The molecule has 1 atom stereocenters. The number of carbonyl (C=O) groups is 1. The zero-order valence-electron chi connectivity index (χ0n) is 13.2. The predicted octanol–water partition coefficient (Wildman–Crippen LogP) is 4.40. The molecule has 3 rings (SSSR count). The highest BCUT2D eigenvalue weighted by atomic mass is 35.5. The first-order valence-corrected chi connectivity index (χ1v) is 8.27. The van der Waals surface area contributed by atoms with Gasteiger partial charge in [-0.25, -0.2) is 0 Å². The highest BCUT2D eigenvalue weighted by molar-refractivity contribution is 6.30. The molecule has 1 unspecified atom stereocenters. The number of halogens is 1. The number of ether oxygens (including phenoxy) is 1. The van der Waals surface area contributed by atoms with Gasteiger partial charge in [0.25, 0.3) is 5.91 Å². The highest BCUT2D eigenvalue weighted by Gasteiger charge is 2.25. The molecule has 1 amide bonds. The summed E-state index contributed by atoms with van der Waals surface area (Å²) >= 11 is 5.89. The van der Waals surface area contributed by atoms with E-state index < -0.39 is 0 Å². The van der Waals surface area contributed by atoms with Crippen molar-refractivity contribution in [2.24, 2.45) is 5.92 Å². The smallest absolute Gasteiger partial charge is 0.257 e. The van der Waals surface area contributed by atoms with Crippen molar-refractivity contribution < 1.29 is 9.53 Å². The maximum Gasteiger partial charge on any atom is 0.257 e. The van der Waals surface area contributed by atoms with Crippen molar-refractivity contribution in [3.05, 3.63) is 64.7 Å². The zero-order chi connectivity index (χ0) is 16.2. The van der Waals surface area contributed by atoms with E-state index in [0.29, 0.717) is 28.9 Å². The number of nitrogens with zero attached hydrogens (tertiary/aromatic N) is 1. The van der Waals surface area contributed by atoms with E-state index in [4.69, 9.17) is 16.3 Å². The van der Waals surface area contributed by atoms with Crippen molar-refractivity contribution in [1.29, 1.82) is 0 Å². The van der Waals surface area contributed by atoms with Gasteiger partial charge in [0.15, 0.2) is 0 Å². The van der Waals surface area contributed by atoms with Crippen molar-refractivity contribution in [2.45, 2.75) is 20.0 Å². The third-order valence-electron chi connectivity index (χ3n) is 4.14. The molecule has 1 saturated heterocycles. The van der Waals surface area contributed by atoms with Gasteiger partial charge in [0.2, 0.25) is 0 Å². The Morgan fingerprint density at radius 3 is 2.65 bits per heavy atom. The van der Waals surface area contributed by atoms with E-state index >= 15 is 0 Å². The van der Waals surface area contributed by atoms with Gasteiger partial charge in [-0.05, 0) is 42.2 Å². The predicted molar refractivity (Wildman–Crippen MR) is 91.9 cm³/mol. The van der Waals surface area contributed by atoms with Crippen LogP contribution in [-0.2, 0) is 6.61 Å². The van der Waals surface area contributed by atoms with Gasteiger partial charge < -0.3 is 9.64 Å². The third kappa shape index (κ3) is 3.85. The summed E-state index contributed by atoms with van der Waals surface area (Å²) in [7, 11) is 0. The van der Waals surface area contributed by atoms with Crippen LogP contribution in [0.15, 0.2) is 48.5 Å². The van der Waals surface area contributed by atoms with Crippen LogP contribution < -0.4 is 4.74 Å². The summed E-state index contributed by atoms with van der Waals surface area (Å²) in [4.78, 5) is 14.6. The van der Waals surface area contributed by atoms with Crippen LogP contribution >= 0.6 is 11.6 Å². The molecule has 1 fully saturated rings. The maximum atomic E-state index is 12.7. The molecule has 0 bridgehead atoms. The Morgan fingerprint density at radius 2 is 1.96 bits per heavy atom. The molecule has 0 N–H and O–H groups in total. The van der Waals surface area contributed by atoms with Crippen molar-refractivity contribution in [3.8, 4) is 5.75 Å². The third-order valence-corrected chi connectivity index (χ3v) is 4.39. The summed E-state index contributed by atoms with van der Waals surface area (Å²) < 4.78 is 5.88. The number of amides is 1. The number of para-hydroxylation sites is 1. The number of carbonyl (C=O) groups excluding carboxylic acids is 1. The SMILES string of the molecule is CC1CCN(C(=O)c2ccccc2OCc2ccc(Cl)cc2)C1. The Hall–Kier alpha value is -2.00. The van der Waals surface area contributed by atoms with Gasteiger partial charge in [-0.15, -0.1) is 0 Å². The normalized spacial score (nSPS) is 17.3. The first-order valence-electron chi connectivity index (χ1n) is 7.89. The molecule has 0 saturated carbocycles. The minimum absolute atomic E-state index is 0.0565. The Bertz CT molecular complexity index is 684. The highest BCUT2D eigenvalue weighted by Crippen LogP contribution is 2.24. The van der Waals surface area contributed by atoms with Gasteiger partial charge in [0.1, 0.15) is 12.4 Å². The molecule has 23 heavy (non-hydrogen) atoms. The summed E-state index contributed by atoms with van der Waals surface area (Å²) in [6.07, 6.45) is 1.07. The van der Waals surface area contributed by atoms with E-state index in [2.05, 4.69) is 6.92 Å². The monoisotopic (exact) mass is 329 g/mol. The lowest BCUT2D eigenvalue weighted by Crippen LogP contribution is -2.28.